The number of hydrogen-bond donors (Lipinski definition) is 2. The van der Waals surface area contributed by atoms with Crippen LogP contribution in [0, 0.1) is 0 Å². The lowest BCUT2D eigenvalue weighted by atomic mass is 10.0. The number of nitrogen functional groups attached to an aromatic ring is 1. The number of nitrogens with zero attached hydrogens (tertiary/aromatic N) is 4. The first kappa shape index (κ1) is 14.5. The zero-order valence-electron chi connectivity index (χ0n) is 13.4. The molecule has 2 aromatic heterocycles. The van der Waals surface area contributed by atoms with Crippen LogP contribution >= 0.6 is 11.3 Å². The maximum absolute atomic E-state index is 5.72. The lowest BCUT2D eigenvalue weighted by Gasteiger charge is -2.09. The van der Waals surface area contributed by atoms with Crippen molar-refractivity contribution >= 4 is 27.9 Å². The molecule has 3 N–H and O–H groups in total. The second kappa shape index (κ2) is 5.63. The van der Waals surface area contributed by atoms with Gasteiger partial charge in [0.15, 0.2) is 0 Å². The van der Waals surface area contributed by atoms with Gasteiger partial charge in [-0.1, -0.05) is 29.5 Å². The molecule has 1 saturated carbocycles. The fraction of sp³-hybridized carbons (Fsp3) is 0.222. The standard InChI is InChI=1S/C18H16N6S/c19-18-24-23-17(25-18)11-2-1-10-3-6-13(14(10)7-11)15-8-20-9-16(22-15)21-12-4-5-12/h1-2,6-9,12H,3-5H2,(H2,19,24)(H,21,22). The molecule has 1 aromatic carbocycles. The van der Waals surface area contributed by atoms with Crippen LogP contribution in [-0.4, -0.2) is 26.2 Å². The molecular formula is C18H16N6S. The molecule has 3 aromatic rings. The van der Waals surface area contributed by atoms with Gasteiger partial charge in [0.25, 0.3) is 0 Å². The Morgan fingerprint density at radius 1 is 1.16 bits per heavy atom. The molecule has 6 nitrogen and oxygen atoms in total. The van der Waals surface area contributed by atoms with Crippen LogP contribution < -0.4 is 11.1 Å². The fourth-order valence-electron chi connectivity index (χ4n) is 3.06. The van der Waals surface area contributed by atoms with Crippen LogP contribution in [0.3, 0.4) is 0 Å². The molecule has 0 aliphatic heterocycles. The lowest BCUT2D eigenvalue weighted by molar-refractivity contribution is 1.08. The highest BCUT2D eigenvalue weighted by Gasteiger charge is 2.23. The third-order valence-corrected chi connectivity index (χ3v) is 5.26. The summed E-state index contributed by atoms with van der Waals surface area (Å²) in [7, 11) is 0. The number of rotatable bonds is 4. The van der Waals surface area contributed by atoms with Crippen LogP contribution in [0.5, 0.6) is 0 Å². The molecule has 0 unspecified atom stereocenters. The van der Waals surface area contributed by atoms with Gasteiger partial charge in [0.2, 0.25) is 5.13 Å². The van der Waals surface area contributed by atoms with Crippen LogP contribution in [0.4, 0.5) is 10.9 Å². The van der Waals surface area contributed by atoms with Crippen LogP contribution in [0.1, 0.15) is 29.7 Å². The molecule has 124 valence electrons. The summed E-state index contributed by atoms with van der Waals surface area (Å²) in [4.78, 5) is 9.12. The second-order valence-electron chi connectivity index (χ2n) is 6.35. The van der Waals surface area contributed by atoms with E-state index < -0.39 is 0 Å². The molecule has 7 heteroatoms. The van der Waals surface area contributed by atoms with Crippen molar-refractivity contribution in [3.05, 3.63) is 53.5 Å². The van der Waals surface area contributed by atoms with Gasteiger partial charge in [-0.15, -0.1) is 10.2 Å². The highest BCUT2D eigenvalue weighted by Crippen LogP contribution is 2.36. The number of anilines is 2. The molecule has 0 radical (unpaired) electrons. The second-order valence-corrected chi connectivity index (χ2v) is 7.36. The molecule has 0 saturated heterocycles. The van der Waals surface area contributed by atoms with Crippen molar-refractivity contribution in [3.8, 4) is 10.6 Å². The van der Waals surface area contributed by atoms with E-state index in [9.17, 15) is 0 Å². The normalized spacial score (nSPS) is 15.8. The smallest absolute Gasteiger partial charge is 0.203 e. The molecule has 5 rings (SSSR count). The van der Waals surface area contributed by atoms with Gasteiger partial charge in [0.05, 0.1) is 18.1 Å². The predicted octanol–water partition coefficient (Wildman–Crippen LogP) is 3.14. The quantitative estimate of drug-likeness (QED) is 0.753. The largest absolute Gasteiger partial charge is 0.374 e. The summed E-state index contributed by atoms with van der Waals surface area (Å²) < 4.78 is 0. The molecule has 0 spiro atoms. The Balaban J connectivity index is 1.51. The third kappa shape index (κ3) is 2.76. The van der Waals surface area contributed by atoms with E-state index in [4.69, 9.17) is 10.7 Å². The maximum Gasteiger partial charge on any atom is 0.203 e. The molecule has 0 bridgehead atoms. The van der Waals surface area contributed by atoms with Crippen LogP contribution in [-0.2, 0) is 6.42 Å². The van der Waals surface area contributed by atoms with Gasteiger partial charge < -0.3 is 11.1 Å². The minimum absolute atomic E-state index is 0.482. The average molecular weight is 348 g/mol. The van der Waals surface area contributed by atoms with E-state index in [2.05, 4.69) is 44.8 Å². The highest BCUT2D eigenvalue weighted by molar-refractivity contribution is 7.18. The van der Waals surface area contributed by atoms with Crippen LogP contribution in [0.15, 0.2) is 36.7 Å². The summed E-state index contributed by atoms with van der Waals surface area (Å²) in [6.45, 7) is 0. The predicted molar refractivity (Wildman–Crippen MR) is 99.2 cm³/mol. The summed E-state index contributed by atoms with van der Waals surface area (Å²) >= 11 is 1.40. The first-order chi connectivity index (χ1) is 12.3. The molecule has 0 amide bonds. The Morgan fingerprint density at radius 2 is 2.08 bits per heavy atom. The molecule has 0 atom stereocenters. The average Bonchev–Trinajstić information content (AvgIpc) is 3.17. The summed E-state index contributed by atoms with van der Waals surface area (Å²) in [5, 5.41) is 12.8. The van der Waals surface area contributed by atoms with E-state index >= 15 is 0 Å². The third-order valence-electron chi connectivity index (χ3n) is 4.45. The van der Waals surface area contributed by atoms with Crippen LogP contribution in [0.2, 0.25) is 0 Å². The molecule has 25 heavy (non-hydrogen) atoms. The Labute approximate surface area is 148 Å². The topological polar surface area (TPSA) is 89.6 Å². The molecule has 2 aliphatic rings. The molecule has 1 fully saturated rings. The molecule has 2 heterocycles. The van der Waals surface area contributed by atoms with Crippen molar-refractivity contribution in [1.82, 2.24) is 20.2 Å². The molecule has 2 aliphatic carbocycles. The van der Waals surface area contributed by atoms with Gasteiger partial charge >= 0.3 is 0 Å². The van der Waals surface area contributed by atoms with E-state index in [0.717, 1.165) is 34.1 Å². The number of aromatic nitrogens is 4. The Morgan fingerprint density at radius 3 is 2.88 bits per heavy atom. The fourth-order valence-corrected chi connectivity index (χ4v) is 3.66. The minimum Gasteiger partial charge on any atom is -0.374 e. The number of allylic oxidation sites excluding steroid dienone is 1. The monoisotopic (exact) mass is 348 g/mol. The number of benzene rings is 1. The zero-order chi connectivity index (χ0) is 16.8. The first-order valence-electron chi connectivity index (χ1n) is 8.28. The number of fused-ring (bicyclic) bond motifs is 1. The van der Waals surface area contributed by atoms with Crippen molar-refractivity contribution in [2.75, 3.05) is 11.1 Å². The van der Waals surface area contributed by atoms with Gasteiger partial charge in [-0.05, 0) is 36.5 Å². The summed E-state index contributed by atoms with van der Waals surface area (Å²) in [6, 6.07) is 6.93. The minimum atomic E-state index is 0.482. The van der Waals surface area contributed by atoms with Crippen LogP contribution in [0.25, 0.3) is 16.1 Å². The van der Waals surface area contributed by atoms with E-state index in [1.807, 2.05) is 6.20 Å². The van der Waals surface area contributed by atoms with Gasteiger partial charge in [-0.3, -0.25) is 4.98 Å². The summed E-state index contributed by atoms with van der Waals surface area (Å²) in [5.74, 6) is 0.849. The first-order valence-corrected chi connectivity index (χ1v) is 9.10. The molecular weight excluding hydrogens is 332 g/mol. The number of hydrogen-bond acceptors (Lipinski definition) is 7. The van der Waals surface area contributed by atoms with Crippen molar-refractivity contribution in [2.45, 2.75) is 25.3 Å². The van der Waals surface area contributed by atoms with E-state index in [-0.39, 0.29) is 0 Å². The SMILES string of the molecule is Nc1nnc(-c2ccc3c(c2)C(c2cncc(NC4CC4)n2)=CC3)s1. The Hall–Kier alpha value is -2.80. The summed E-state index contributed by atoms with van der Waals surface area (Å²) in [6.07, 6.45) is 9.17. The van der Waals surface area contributed by atoms with E-state index in [1.54, 1.807) is 6.20 Å². The highest BCUT2D eigenvalue weighted by atomic mass is 32.1. The van der Waals surface area contributed by atoms with Crippen molar-refractivity contribution in [2.24, 2.45) is 0 Å². The van der Waals surface area contributed by atoms with Crippen molar-refractivity contribution < 1.29 is 0 Å². The van der Waals surface area contributed by atoms with Crippen molar-refractivity contribution in [1.29, 1.82) is 0 Å². The number of nitrogens with one attached hydrogen (secondary N) is 1. The Kier molecular flexibility index (Phi) is 3.27. The van der Waals surface area contributed by atoms with Gasteiger partial charge in [-0.2, -0.15) is 0 Å². The van der Waals surface area contributed by atoms with E-state index in [1.165, 1.54) is 35.3 Å². The number of nitrogens with two attached hydrogens (primary N) is 1. The van der Waals surface area contributed by atoms with Gasteiger partial charge in [-0.25, -0.2) is 4.98 Å². The maximum atomic E-state index is 5.72. The summed E-state index contributed by atoms with van der Waals surface area (Å²) in [5.41, 5.74) is 11.2. The lowest BCUT2D eigenvalue weighted by Crippen LogP contribution is -2.05. The Bertz CT molecular complexity index is 989. The van der Waals surface area contributed by atoms with Crippen molar-refractivity contribution in [3.63, 3.8) is 0 Å². The van der Waals surface area contributed by atoms with E-state index in [0.29, 0.717) is 11.2 Å². The van der Waals surface area contributed by atoms with Gasteiger partial charge in [0, 0.05) is 17.2 Å². The zero-order valence-corrected chi connectivity index (χ0v) is 14.3. The van der Waals surface area contributed by atoms with Gasteiger partial charge in [0.1, 0.15) is 10.8 Å².